The Bertz CT molecular complexity index is 1140. The minimum atomic E-state index is 0.728. The Hall–Kier alpha value is -3.57. The third-order valence-corrected chi connectivity index (χ3v) is 6.32. The molecule has 0 saturated heterocycles. The Morgan fingerprint density at radius 1 is 0.567 bits per heavy atom. The van der Waals surface area contributed by atoms with Gasteiger partial charge in [-0.1, -0.05) is 48.2 Å². The molecule has 30 heavy (non-hydrogen) atoms. The van der Waals surface area contributed by atoms with E-state index in [1.165, 1.54) is 0 Å². The summed E-state index contributed by atoms with van der Waals surface area (Å²) in [4.78, 5) is 2.23. The van der Waals surface area contributed by atoms with Crippen molar-refractivity contribution in [3.05, 3.63) is 96.1 Å². The van der Waals surface area contributed by atoms with E-state index in [0.29, 0.717) is 0 Å². The van der Waals surface area contributed by atoms with E-state index >= 15 is 0 Å². The molecule has 0 spiro atoms. The Morgan fingerprint density at radius 3 is 1.50 bits per heavy atom. The molecule has 0 aromatic heterocycles. The van der Waals surface area contributed by atoms with E-state index < -0.39 is 0 Å². The highest BCUT2D eigenvalue weighted by Gasteiger charge is 2.12. The first-order valence-electron chi connectivity index (χ1n) is 9.82. The van der Waals surface area contributed by atoms with Gasteiger partial charge in [-0.25, -0.2) is 0 Å². The zero-order chi connectivity index (χ0) is 20.5. The van der Waals surface area contributed by atoms with Crippen LogP contribution >= 0.6 is 11.8 Å². The molecule has 4 nitrogen and oxygen atoms in total. The van der Waals surface area contributed by atoms with Crippen LogP contribution in [0.4, 0.5) is 34.1 Å². The van der Waals surface area contributed by atoms with E-state index in [-0.39, 0.29) is 0 Å². The van der Waals surface area contributed by atoms with Crippen molar-refractivity contribution in [2.75, 3.05) is 22.1 Å². The lowest BCUT2D eigenvalue weighted by Gasteiger charge is -2.18. The lowest BCUT2D eigenvalue weighted by atomic mass is 10.0. The van der Waals surface area contributed by atoms with Gasteiger partial charge in [-0.15, -0.1) is 0 Å². The molecule has 0 saturated carbocycles. The molecule has 8 rings (SSSR count). The number of anilines is 6. The Morgan fingerprint density at radius 2 is 1.03 bits per heavy atom. The maximum absolute atomic E-state index is 6.38. The molecular weight excluding hydrogens is 388 g/mol. The molecule has 148 valence electrons. The molecule has 4 aliphatic heterocycles. The normalized spacial score (nSPS) is 12.5. The summed E-state index contributed by atoms with van der Waals surface area (Å²) in [6, 6.07) is 28.9. The summed E-state index contributed by atoms with van der Waals surface area (Å²) in [5.74, 6) is 0. The summed E-state index contributed by atoms with van der Waals surface area (Å²) in [6.45, 7) is 0. The van der Waals surface area contributed by atoms with Crippen LogP contribution in [0.15, 0.2) is 94.7 Å². The van der Waals surface area contributed by atoms with Gasteiger partial charge in [-0.3, -0.25) is 0 Å². The second-order valence-corrected chi connectivity index (χ2v) is 8.45. The molecule has 4 bridgehead atoms. The van der Waals surface area contributed by atoms with Crippen LogP contribution in [0.25, 0.3) is 0 Å². The molecule has 5 heteroatoms. The Balaban J connectivity index is 1.67. The van der Waals surface area contributed by atoms with Gasteiger partial charge in [-0.2, -0.15) is 0 Å². The van der Waals surface area contributed by atoms with Gasteiger partial charge >= 0.3 is 0 Å². The standard InChI is InChI=1S/C25H22N4S/c26-18-14-16-9-11-20(18)28-22-5-1-3-7-24(22)30-25-8-4-2-6-23(25)29-21-12-10-17(13-16)15-19(21)27/h1-12,14-15,28-29H,13,26-27H2. The maximum atomic E-state index is 6.38. The van der Waals surface area contributed by atoms with Crippen molar-refractivity contribution in [1.29, 1.82) is 0 Å². The fraction of sp³-hybridized carbons (Fsp3) is 0.0400. The van der Waals surface area contributed by atoms with Crippen LogP contribution in [0, 0.1) is 0 Å². The molecule has 0 fully saturated rings. The summed E-state index contributed by atoms with van der Waals surface area (Å²) < 4.78 is 0. The van der Waals surface area contributed by atoms with Gasteiger partial charge in [0, 0.05) is 9.79 Å². The highest BCUT2D eigenvalue weighted by Crippen LogP contribution is 2.40. The number of nitrogens with two attached hydrogens (primary N) is 2. The maximum Gasteiger partial charge on any atom is 0.0618 e. The van der Waals surface area contributed by atoms with Gasteiger partial charge in [0.05, 0.1) is 34.1 Å². The summed E-state index contributed by atoms with van der Waals surface area (Å²) in [7, 11) is 0. The summed E-state index contributed by atoms with van der Waals surface area (Å²) >= 11 is 1.70. The van der Waals surface area contributed by atoms with Crippen molar-refractivity contribution in [2.45, 2.75) is 16.2 Å². The van der Waals surface area contributed by atoms with Crippen molar-refractivity contribution in [3.8, 4) is 0 Å². The summed E-state index contributed by atoms with van der Waals surface area (Å²) in [5, 5.41) is 7.03. The third-order valence-electron chi connectivity index (χ3n) is 5.17. The molecule has 0 amide bonds. The van der Waals surface area contributed by atoms with E-state index in [0.717, 1.165) is 61.5 Å². The number of nitrogen functional groups attached to an aromatic ring is 2. The third kappa shape index (κ3) is 3.67. The SMILES string of the molecule is Nc1cc2ccc1Nc1ccccc1Sc1ccccc1Nc1ccc(cc1N)C2. The lowest BCUT2D eigenvalue weighted by Crippen LogP contribution is -2.02. The zero-order valence-electron chi connectivity index (χ0n) is 16.4. The average molecular weight is 411 g/mol. The van der Waals surface area contributed by atoms with E-state index in [4.69, 9.17) is 11.5 Å². The first kappa shape index (κ1) is 18.5. The van der Waals surface area contributed by atoms with Crippen molar-refractivity contribution >= 4 is 45.9 Å². The van der Waals surface area contributed by atoms with Crippen LogP contribution in [0.1, 0.15) is 11.1 Å². The van der Waals surface area contributed by atoms with Gasteiger partial charge in [0.1, 0.15) is 0 Å². The largest absolute Gasteiger partial charge is 0.397 e. The van der Waals surface area contributed by atoms with Crippen molar-refractivity contribution in [2.24, 2.45) is 0 Å². The number of hydrogen-bond donors (Lipinski definition) is 4. The van der Waals surface area contributed by atoms with Gasteiger partial charge in [0.15, 0.2) is 0 Å². The van der Waals surface area contributed by atoms with Crippen LogP contribution in [0.5, 0.6) is 0 Å². The minimum Gasteiger partial charge on any atom is -0.397 e. The number of hydrogen-bond acceptors (Lipinski definition) is 5. The zero-order valence-corrected chi connectivity index (χ0v) is 17.2. The first-order valence-corrected chi connectivity index (χ1v) is 10.6. The van der Waals surface area contributed by atoms with Crippen LogP contribution in [0.3, 0.4) is 0 Å². The molecule has 4 aromatic rings. The van der Waals surface area contributed by atoms with Gasteiger partial charge < -0.3 is 22.1 Å². The molecule has 4 aromatic carbocycles. The Labute approximate surface area is 180 Å². The second kappa shape index (κ2) is 7.69. The van der Waals surface area contributed by atoms with E-state index in [9.17, 15) is 0 Å². The topological polar surface area (TPSA) is 76.1 Å². The predicted molar refractivity (Wildman–Crippen MR) is 128 cm³/mol. The fourth-order valence-electron chi connectivity index (χ4n) is 3.63. The predicted octanol–water partition coefficient (Wildman–Crippen LogP) is 6.39. The van der Waals surface area contributed by atoms with E-state index in [1.54, 1.807) is 11.8 Å². The first-order chi connectivity index (χ1) is 14.7. The molecule has 6 N–H and O–H groups in total. The van der Waals surface area contributed by atoms with Gasteiger partial charge in [0.25, 0.3) is 0 Å². The fourth-order valence-corrected chi connectivity index (χ4v) is 4.62. The van der Waals surface area contributed by atoms with Gasteiger partial charge in [-0.05, 0) is 66.1 Å². The highest BCUT2D eigenvalue weighted by molar-refractivity contribution is 7.99. The summed E-state index contributed by atoms with van der Waals surface area (Å²) in [5.41, 5.74) is 20.4. The lowest BCUT2D eigenvalue weighted by molar-refractivity contribution is 1.19. The molecule has 0 atom stereocenters. The highest BCUT2D eigenvalue weighted by atomic mass is 32.2. The summed E-state index contributed by atoms with van der Waals surface area (Å²) in [6.07, 6.45) is 0.776. The van der Waals surface area contributed by atoms with E-state index in [2.05, 4.69) is 47.0 Å². The van der Waals surface area contributed by atoms with E-state index in [1.807, 2.05) is 48.5 Å². The number of rotatable bonds is 0. The molecule has 0 aliphatic carbocycles. The Kier molecular flexibility index (Phi) is 4.73. The van der Waals surface area contributed by atoms with Crippen LogP contribution in [-0.2, 0) is 6.42 Å². The smallest absolute Gasteiger partial charge is 0.0618 e. The number of benzene rings is 4. The molecule has 0 unspecified atom stereocenters. The number of para-hydroxylation sites is 2. The van der Waals surface area contributed by atoms with Crippen LogP contribution < -0.4 is 22.1 Å². The van der Waals surface area contributed by atoms with Crippen molar-refractivity contribution < 1.29 is 0 Å². The minimum absolute atomic E-state index is 0.728. The van der Waals surface area contributed by atoms with Gasteiger partial charge in [0.2, 0.25) is 0 Å². The average Bonchev–Trinajstić information content (AvgIpc) is 2.74. The second-order valence-electron chi connectivity index (χ2n) is 7.36. The monoisotopic (exact) mass is 410 g/mol. The number of nitrogens with one attached hydrogen (secondary N) is 2. The molecular formula is C25H22N4S. The molecule has 4 aliphatic rings. The van der Waals surface area contributed by atoms with Crippen LogP contribution in [0.2, 0.25) is 0 Å². The molecule has 0 radical (unpaired) electrons. The van der Waals surface area contributed by atoms with Crippen molar-refractivity contribution in [3.63, 3.8) is 0 Å². The quantitative estimate of drug-likeness (QED) is 0.222. The van der Waals surface area contributed by atoms with Crippen molar-refractivity contribution in [1.82, 2.24) is 0 Å². The molecule has 4 heterocycles. The van der Waals surface area contributed by atoms with Crippen LogP contribution in [-0.4, -0.2) is 0 Å².